The van der Waals surface area contributed by atoms with E-state index in [0.29, 0.717) is 6.54 Å². The zero-order valence-electron chi connectivity index (χ0n) is 9.86. The van der Waals surface area contributed by atoms with Crippen LogP contribution < -0.4 is 16.0 Å². The van der Waals surface area contributed by atoms with Crippen LogP contribution in [0, 0.1) is 0 Å². The predicted octanol–water partition coefficient (Wildman–Crippen LogP) is 0.763. The van der Waals surface area contributed by atoms with Crippen molar-refractivity contribution in [3.8, 4) is 0 Å². The molecule has 0 saturated heterocycles. The summed E-state index contributed by atoms with van der Waals surface area (Å²) in [4.78, 5) is 21.7. The van der Waals surface area contributed by atoms with Crippen LogP contribution in [0.3, 0.4) is 0 Å². The first-order valence-electron chi connectivity index (χ1n) is 4.99. The third-order valence-electron chi connectivity index (χ3n) is 1.74. The number of nitrogens with one attached hydrogen (secondary N) is 3. The molecular formula is C9H16F3N3O2. The molecule has 0 atom stereocenters. The second-order valence-electron chi connectivity index (χ2n) is 4.05. The smallest absolute Gasteiger partial charge is 0.346 e. The van der Waals surface area contributed by atoms with Crippen LogP contribution in [0.4, 0.5) is 18.0 Å². The van der Waals surface area contributed by atoms with E-state index in [4.69, 9.17) is 0 Å². The lowest BCUT2D eigenvalue weighted by Gasteiger charge is -2.26. The molecule has 0 aromatic carbocycles. The molecule has 0 unspecified atom stereocenters. The van der Waals surface area contributed by atoms with Crippen LogP contribution in [-0.4, -0.2) is 36.7 Å². The Bertz CT molecular complexity index is 290. The average molecular weight is 255 g/mol. The Balaban J connectivity index is 4.18. The van der Waals surface area contributed by atoms with Crippen molar-refractivity contribution in [3.05, 3.63) is 0 Å². The molecule has 5 nitrogen and oxygen atoms in total. The van der Waals surface area contributed by atoms with Gasteiger partial charge >= 0.3 is 18.1 Å². The summed E-state index contributed by atoms with van der Waals surface area (Å²) in [6, 6.07) is -0.501. The number of hydrogen-bond acceptors (Lipinski definition) is 2. The Morgan fingerprint density at radius 3 is 2.06 bits per heavy atom. The number of carbonyl (C=O) groups is 2. The van der Waals surface area contributed by atoms with Gasteiger partial charge in [-0.3, -0.25) is 4.79 Å². The van der Waals surface area contributed by atoms with Gasteiger partial charge in [-0.1, -0.05) is 0 Å². The molecule has 0 bridgehead atoms. The van der Waals surface area contributed by atoms with Gasteiger partial charge in [0.1, 0.15) is 0 Å². The summed E-state index contributed by atoms with van der Waals surface area (Å²) in [5, 5.41) is 6.57. The number of alkyl halides is 3. The molecule has 0 aromatic rings. The molecular weight excluding hydrogens is 239 g/mol. The summed E-state index contributed by atoms with van der Waals surface area (Å²) in [6.45, 7) is 4.79. The fourth-order valence-electron chi connectivity index (χ4n) is 0.958. The fourth-order valence-corrected chi connectivity index (χ4v) is 0.958. The van der Waals surface area contributed by atoms with E-state index in [1.165, 1.54) is 13.8 Å². The predicted molar refractivity (Wildman–Crippen MR) is 55.4 cm³/mol. The first-order chi connectivity index (χ1) is 7.58. The van der Waals surface area contributed by atoms with Crippen LogP contribution in [0.25, 0.3) is 0 Å². The molecule has 0 aliphatic rings. The minimum atomic E-state index is -4.91. The first-order valence-corrected chi connectivity index (χ1v) is 4.99. The van der Waals surface area contributed by atoms with E-state index in [0.717, 1.165) is 0 Å². The Labute approximate surface area is 97.1 Å². The highest BCUT2D eigenvalue weighted by molar-refractivity contribution is 5.81. The lowest BCUT2D eigenvalue weighted by atomic mass is 10.1. The van der Waals surface area contributed by atoms with Gasteiger partial charge in [0.05, 0.1) is 5.54 Å². The van der Waals surface area contributed by atoms with Gasteiger partial charge in [-0.2, -0.15) is 13.2 Å². The zero-order valence-corrected chi connectivity index (χ0v) is 9.86. The molecule has 0 radical (unpaired) electrons. The minimum Gasteiger partial charge on any atom is -0.346 e. The van der Waals surface area contributed by atoms with Gasteiger partial charge in [0.2, 0.25) is 0 Å². The van der Waals surface area contributed by atoms with Gasteiger partial charge in [-0.15, -0.1) is 0 Å². The summed E-state index contributed by atoms with van der Waals surface area (Å²) >= 11 is 0. The number of urea groups is 1. The van der Waals surface area contributed by atoms with Crippen LogP contribution in [0.2, 0.25) is 0 Å². The summed E-state index contributed by atoms with van der Waals surface area (Å²) in [7, 11) is 0. The van der Waals surface area contributed by atoms with Crippen molar-refractivity contribution in [2.45, 2.75) is 32.5 Å². The quantitative estimate of drug-likeness (QED) is 0.694. The third-order valence-corrected chi connectivity index (χ3v) is 1.74. The third kappa shape index (κ3) is 6.64. The number of rotatable bonds is 4. The highest BCUT2D eigenvalue weighted by atomic mass is 19.4. The summed E-state index contributed by atoms with van der Waals surface area (Å²) < 4.78 is 35.7. The maximum absolute atomic E-state index is 11.9. The molecule has 0 saturated carbocycles. The SMILES string of the molecule is CCNC(=O)NC(C)(C)CNC(=O)C(F)(F)F. The standard InChI is InChI=1S/C9H16F3N3O2/c1-4-13-7(17)15-8(2,3)5-14-6(16)9(10,11)12/h4-5H2,1-3H3,(H,14,16)(H2,13,15,17). The largest absolute Gasteiger partial charge is 0.471 e. The molecule has 0 fully saturated rings. The average Bonchev–Trinajstić information content (AvgIpc) is 2.12. The van der Waals surface area contributed by atoms with Crippen LogP contribution >= 0.6 is 0 Å². The second-order valence-corrected chi connectivity index (χ2v) is 4.05. The summed E-state index contributed by atoms with van der Waals surface area (Å²) in [6.07, 6.45) is -4.91. The maximum Gasteiger partial charge on any atom is 0.471 e. The highest BCUT2D eigenvalue weighted by Crippen LogP contribution is 2.14. The number of carbonyl (C=O) groups excluding carboxylic acids is 2. The van der Waals surface area contributed by atoms with E-state index in [-0.39, 0.29) is 6.54 Å². The molecule has 0 spiro atoms. The van der Waals surface area contributed by atoms with Crippen molar-refractivity contribution in [1.29, 1.82) is 0 Å². The molecule has 3 amide bonds. The fraction of sp³-hybridized carbons (Fsp3) is 0.778. The lowest BCUT2D eigenvalue weighted by Crippen LogP contribution is -2.55. The van der Waals surface area contributed by atoms with E-state index in [1.807, 2.05) is 0 Å². The lowest BCUT2D eigenvalue weighted by molar-refractivity contribution is -0.173. The van der Waals surface area contributed by atoms with E-state index in [9.17, 15) is 22.8 Å². The van der Waals surface area contributed by atoms with Crippen molar-refractivity contribution in [3.63, 3.8) is 0 Å². The zero-order chi connectivity index (χ0) is 13.7. The molecule has 0 aliphatic heterocycles. The minimum absolute atomic E-state index is 0.317. The Hall–Kier alpha value is -1.47. The van der Waals surface area contributed by atoms with Crippen LogP contribution in [0.5, 0.6) is 0 Å². The van der Waals surface area contributed by atoms with E-state index in [1.54, 1.807) is 12.2 Å². The Kier molecular flexibility index (Phi) is 5.24. The molecule has 8 heteroatoms. The van der Waals surface area contributed by atoms with Gasteiger partial charge in [-0.25, -0.2) is 4.79 Å². The van der Waals surface area contributed by atoms with Crippen molar-refractivity contribution in [2.75, 3.05) is 13.1 Å². The molecule has 0 heterocycles. The van der Waals surface area contributed by atoms with Crippen molar-refractivity contribution in [2.24, 2.45) is 0 Å². The van der Waals surface area contributed by atoms with E-state index >= 15 is 0 Å². The van der Waals surface area contributed by atoms with Crippen LogP contribution in [0.1, 0.15) is 20.8 Å². The van der Waals surface area contributed by atoms with Gasteiger partial charge in [0.15, 0.2) is 0 Å². The van der Waals surface area contributed by atoms with Crippen molar-refractivity contribution in [1.82, 2.24) is 16.0 Å². The Morgan fingerprint density at radius 2 is 1.65 bits per heavy atom. The topological polar surface area (TPSA) is 70.2 Å². The molecule has 17 heavy (non-hydrogen) atoms. The normalized spacial score (nSPS) is 11.9. The molecule has 100 valence electrons. The number of halogens is 3. The number of hydrogen-bond donors (Lipinski definition) is 3. The molecule has 0 aromatic heterocycles. The Morgan fingerprint density at radius 1 is 1.12 bits per heavy atom. The maximum atomic E-state index is 11.9. The molecule has 0 rings (SSSR count). The highest BCUT2D eigenvalue weighted by Gasteiger charge is 2.39. The van der Waals surface area contributed by atoms with Gasteiger partial charge < -0.3 is 16.0 Å². The summed E-state index contributed by atoms with van der Waals surface area (Å²) in [5.74, 6) is -2.02. The van der Waals surface area contributed by atoms with Crippen molar-refractivity contribution < 1.29 is 22.8 Å². The van der Waals surface area contributed by atoms with E-state index < -0.39 is 23.7 Å². The summed E-state index contributed by atoms with van der Waals surface area (Å²) in [5.41, 5.74) is -0.972. The van der Waals surface area contributed by atoms with Crippen LogP contribution in [0.15, 0.2) is 0 Å². The molecule has 0 aliphatic carbocycles. The molecule has 3 N–H and O–H groups in total. The monoisotopic (exact) mass is 255 g/mol. The van der Waals surface area contributed by atoms with Crippen molar-refractivity contribution >= 4 is 11.9 Å². The van der Waals surface area contributed by atoms with Gasteiger partial charge in [-0.05, 0) is 20.8 Å². The first kappa shape index (κ1) is 15.5. The van der Waals surface area contributed by atoms with E-state index in [2.05, 4.69) is 10.6 Å². The van der Waals surface area contributed by atoms with Gasteiger partial charge in [0, 0.05) is 13.1 Å². The van der Waals surface area contributed by atoms with Gasteiger partial charge in [0.25, 0.3) is 0 Å². The van der Waals surface area contributed by atoms with Crippen LogP contribution in [-0.2, 0) is 4.79 Å². The number of amides is 3. The second kappa shape index (κ2) is 5.74.